The van der Waals surface area contributed by atoms with Gasteiger partial charge in [-0.1, -0.05) is 127 Å². The van der Waals surface area contributed by atoms with Gasteiger partial charge in [-0.05, 0) is 139 Å². The molecule has 502 valence electrons. The lowest BCUT2D eigenvalue weighted by Gasteiger charge is -2.39. The summed E-state index contributed by atoms with van der Waals surface area (Å²) in [4.78, 5) is 46.8. The minimum atomic E-state index is -1.75. The minimum absolute atomic E-state index is 0.00361. The van der Waals surface area contributed by atoms with Crippen molar-refractivity contribution < 1.29 is 66.8 Å². The number of benzene rings is 7. The number of ether oxygens (including phenoxy) is 7. The fourth-order valence-electron chi connectivity index (χ4n) is 12.0. The number of amidine groups is 1. The van der Waals surface area contributed by atoms with Gasteiger partial charge in [0.15, 0.2) is 0 Å². The maximum atomic E-state index is 13.6. The second kappa shape index (κ2) is 33.2. The zero-order chi connectivity index (χ0) is 67.7. The van der Waals surface area contributed by atoms with Crippen molar-refractivity contribution in [2.75, 3.05) is 54.2 Å². The van der Waals surface area contributed by atoms with E-state index in [2.05, 4.69) is 78.3 Å². The van der Waals surface area contributed by atoms with Crippen LogP contribution in [0.25, 0.3) is 11.1 Å². The van der Waals surface area contributed by atoms with Gasteiger partial charge < -0.3 is 68.0 Å². The fraction of sp³-hybridized carbons (Fsp3) is 0.338. The highest BCUT2D eigenvalue weighted by atomic mass is 31.2. The molecule has 2 heterocycles. The molecule has 7 aromatic rings. The second-order valence-electron chi connectivity index (χ2n) is 23.8. The average Bonchev–Trinajstić information content (AvgIpc) is 1.21. The second-order valence-corrected chi connectivity index (χ2v) is 25.2. The third kappa shape index (κ3) is 17.2. The van der Waals surface area contributed by atoms with Gasteiger partial charge in [0.25, 0.3) is 14.4 Å². The van der Waals surface area contributed by atoms with Crippen LogP contribution in [0, 0.1) is 11.3 Å². The number of fused-ring (bicyclic) bond motifs is 3. The van der Waals surface area contributed by atoms with Crippen molar-refractivity contribution in [2.24, 2.45) is 4.99 Å². The molecule has 0 radical (unpaired) electrons. The molecule has 0 aromatic heterocycles. The Morgan fingerprint density at radius 1 is 0.750 bits per heavy atom. The predicted octanol–water partition coefficient (Wildman–Crippen LogP) is 11.1. The Kier molecular flexibility index (Phi) is 24.2. The van der Waals surface area contributed by atoms with Gasteiger partial charge in [0.1, 0.15) is 47.6 Å². The number of rotatable bonds is 30. The van der Waals surface area contributed by atoms with Crippen molar-refractivity contribution in [2.45, 2.75) is 108 Å². The summed E-state index contributed by atoms with van der Waals surface area (Å²) in [5.74, 6) is 0.953. The number of methoxy groups -OCH3 is 2. The molecule has 2 amide bonds. The van der Waals surface area contributed by atoms with Gasteiger partial charge in [-0.2, -0.15) is 5.26 Å². The molecular weight excluding hydrogens is 1240 g/mol. The quantitative estimate of drug-likeness (QED) is 0.00816. The Morgan fingerprint density at radius 3 is 1.93 bits per heavy atom. The number of aliphatic imine (C=N–C) groups is 1. The van der Waals surface area contributed by atoms with E-state index in [-0.39, 0.29) is 94.3 Å². The number of carbonyl (C=O) groups is 3. The van der Waals surface area contributed by atoms with Crippen LogP contribution in [0.1, 0.15) is 95.8 Å². The van der Waals surface area contributed by atoms with E-state index >= 15 is 0 Å². The number of carbonyl (C=O) groups excluding carboxylic acids is 3. The molecule has 1 saturated heterocycles. The summed E-state index contributed by atoms with van der Waals surface area (Å²) < 4.78 is 57.5. The summed E-state index contributed by atoms with van der Waals surface area (Å²) in [5, 5.41) is 37.7. The van der Waals surface area contributed by atoms with Gasteiger partial charge in [0, 0.05) is 49.3 Å². The summed E-state index contributed by atoms with van der Waals surface area (Å²) in [6.45, 7) is 9.00. The number of hydrogen-bond donors (Lipinski definition) is 4. The fourth-order valence-corrected chi connectivity index (χ4v) is 13.7. The number of nitrogens with zero attached hydrogens (tertiary/aromatic N) is 5. The van der Waals surface area contributed by atoms with Gasteiger partial charge in [-0.25, -0.2) is 14.5 Å². The van der Waals surface area contributed by atoms with Crippen LogP contribution >= 0.6 is 8.53 Å². The Morgan fingerprint density at radius 2 is 1.33 bits per heavy atom. The van der Waals surface area contributed by atoms with Crippen LogP contribution in [0.5, 0.6) is 17.2 Å². The van der Waals surface area contributed by atoms with Gasteiger partial charge in [-0.3, -0.25) is 14.5 Å². The molecule has 7 aromatic carbocycles. The number of amides is 2. The van der Waals surface area contributed by atoms with Gasteiger partial charge in [-0.15, -0.1) is 0 Å². The first-order valence-corrected chi connectivity index (χ1v) is 33.1. The SMILES string of the molecule is COc1ccc(C(OC[C@H]2O[C@@H](N3C=CC(NC(=O)c4ccc(CNC(=O)Cc5ccc(OC(=O)OCCN(C)[C@H](O)OCC6c7ccccc7-c7ccccc76)cc5)cc4)=N[C@H]3O)CC2OP(OCCC#N)N(C(C)C)C(C)C)(c2ccccc2)c2ccc(OC)cc2)cc1. The van der Waals surface area contributed by atoms with Gasteiger partial charge in [0.05, 0.1) is 59.1 Å². The lowest BCUT2D eigenvalue weighted by Crippen LogP contribution is -2.43. The number of likely N-dealkylation sites (N-methyl/N-ethyl adjacent to an activating group) is 1. The third-order valence-electron chi connectivity index (χ3n) is 16.8. The van der Waals surface area contributed by atoms with E-state index in [9.17, 15) is 29.9 Å². The van der Waals surface area contributed by atoms with E-state index in [1.165, 1.54) is 4.90 Å². The molecule has 0 bridgehead atoms. The largest absolute Gasteiger partial charge is 0.513 e. The van der Waals surface area contributed by atoms with E-state index in [1.807, 2.05) is 103 Å². The van der Waals surface area contributed by atoms with E-state index in [0.717, 1.165) is 44.5 Å². The van der Waals surface area contributed by atoms with E-state index in [0.29, 0.717) is 22.6 Å². The molecule has 96 heavy (non-hydrogen) atoms. The topological polar surface area (TPSA) is 245 Å². The zero-order valence-electron chi connectivity index (χ0n) is 54.9. The third-order valence-corrected chi connectivity index (χ3v) is 19.0. The van der Waals surface area contributed by atoms with Crippen molar-refractivity contribution in [3.63, 3.8) is 0 Å². The smallest absolute Gasteiger partial charge is 0.497 e. The molecule has 4 N–H and O–H groups in total. The molecule has 0 spiro atoms. The molecular formula is C74H82N7O14P. The Labute approximate surface area is 561 Å². The highest BCUT2D eigenvalue weighted by Crippen LogP contribution is 2.51. The maximum Gasteiger partial charge on any atom is 0.513 e. The standard InChI is InChI=1S/C74H82N7O14P/c1-49(2)81(50(3)4)96(92-42-15-39-75)95-65-45-69(94-66(65)48-91-74(54-16-9-8-10-17-54,55-28-34-57(87-6)35-29-55)56-30-36-58(88-7)37-31-56)80-40-38-67(78-71(80)84)77-70(83)53-26-22-52(23-27-53)46-76-68(82)44-51-24-32-59(33-25-51)93-73(86)89-43-41-79(5)72(85)90-47-64-62-20-13-11-18-60(62)61-19-12-14-21-63(61)64/h8-14,16-38,40,49-50,64-66,69,71-72,84-85H,15,41-48H2,1-7H3,(H,76,82)(H,77,78,83)/t65?,66-,69-,71-,72-,96?/m1/s1. The van der Waals surface area contributed by atoms with Crippen molar-refractivity contribution in [1.82, 2.24) is 25.1 Å². The molecule has 3 aliphatic rings. The summed E-state index contributed by atoms with van der Waals surface area (Å²) >= 11 is 0. The Bertz CT molecular complexity index is 3720. The molecule has 21 nitrogen and oxygen atoms in total. The molecule has 22 heteroatoms. The highest BCUT2D eigenvalue weighted by Gasteiger charge is 2.47. The van der Waals surface area contributed by atoms with Crippen LogP contribution in [-0.4, -0.2) is 146 Å². The number of hydrogen-bond acceptors (Lipinski definition) is 19. The van der Waals surface area contributed by atoms with E-state index < -0.39 is 57.4 Å². The van der Waals surface area contributed by atoms with Crippen molar-refractivity contribution >= 4 is 32.3 Å². The predicted molar refractivity (Wildman–Crippen MR) is 362 cm³/mol. The summed E-state index contributed by atoms with van der Waals surface area (Å²) in [7, 11) is 3.16. The Balaban J connectivity index is 0.715. The molecule has 10 rings (SSSR count). The average molecular weight is 1320 g/mol. The first-order valence-electron chi connectivity index (χ1n) is 31.9. The summed E-state index contributed by atoms with van der Waals surface area (Å²) in [6.07, 6.45) is -2.15. The van der Waals surface area contributed by atoms with Crippen LogP contribution in [0.15, 0.2) is 193 Å². The summed E-state index contributed by atoms with van der Waals surface area (Å²) in [5.41, 5.74) is 7.66. The highest BCUT2D eigenvalue weighted by molar-refractivity contribution is 7.44. The Hall–Kier alpha value is -8.88. The number of aliphatic hydroxyl groups excluding tert-OH is 2. The van der Waals surface area contributed by atoms with Crippen LogP contribution in [0.3, 0.4) is 0 Å². The zero-order valence-corrected chi connectivity index (χ0v) is 55.8. The summed E-state index contributed by atoms with van der Waals surface area (Å²) in [6, 6.07) is 57.2. The number of nitrogens with one attached hydrogen (secondary N) is 2. The van der Waals surface area contributed by atoms with Crippen LogP contribution < -0.4 is 24.8 Å². The molecule has 0 saturated carbocycles. The molecule has 6 atom stereocenters. The number of nitriles is 1. The van der Waals surface area contributed by atoms with Crippen LogP contribution in [0.4, 0.5) is 4.79 Å². The maximum absolute atomic E-state index is 13.6. The molecule has 2 aliphatic heterocycles. The normalized spacial score (nSPS) is 17.4. The van der Waals surface area contributed by atoms with E-state index in [1.54, 1.807) is 87.0 Å². The minimum Gasteiger partial charge on any atom is -0.497 e. The van der Waals surface area contributed by atoms with Gasteiger partial charge in [0.2, 0.25) is 18.7 Å². The van der Waals surface area contributed by atoms with Crippen molar-refractivity contribution in [3.8, 4) is 34.4 Å². The van der Waals surface area contributed by atoms with Crippen LogP contribution in [-0.2, 0) is 51.4 Å². The first kappa shape index (κ1) is 69.9. The van der Waals surface area contributed by atoms with Crippen molar-refractivity contribution in [3.05, 3.63) is 233 Å². The monoisotopic (exact) mass is 1320 g/mol. The number of aliphatic hydroxyl groups is 2. The lowest BCUT2D eigenvalue weighted by atomic mass is 9.80. The van der Waals surface area contributed by atoms with E-state index in [4.69, 9.17) is 42.2 Å². The molecule has 1 aliphatic carbocycles. The first-order chi connectivity index (χ1) is 46.5. The van der Waals surface area contributed by atoms with Crippen molar-refractivity contribution in [1.29, 1.82) is 5.26 Å². The molecule has 1 fully saturated rings. The van der Waals surface area contributed by atoms with Crippen LogP contribution in [0.2, 0.25) is 0 Å². The molecule has 2 unspecified atom stereocenters. The lowest BCUT2D eigenvalue weighted by molar-refractivity contribution is -0.188. The van der Waals surface area contributed by atoms with Gasteiger partial charge >= 0.3 is 6.16 Å².